The molecule has 0 N–H and O–H groups in total. The summed E-state index contributed by atoms with van der Waals surface area (Å²) in [5.41, 5.74) is 1.15. The molecule has 2 heterocycles. The van der Waals surface area contributed by atoms with E-state index in [0.717, 1.165) is 21.4 Å². The second-order valence-electron chi connectivity index (χ2n) is 7.95. The van der Waals surface area contributed by atoms with Crippen LogP contribution in [0.3, 0.4) is 0 Å². The monoisotopic (exact) mass is 428 g/mol. The molecular formula is C25H20N2O5. The van der Waals surface area contributed by atoms with Crippen LogP contribution < -0.4 is 14.5 Å². The summed E-state index contributed by atoms with van der Waals surface area (Å²) in [7, 11) is 0. The minimum absolute atomic E-state index is 0.0604. The van der Waals surface area contributed by atoms with Crippen molar-refractivity contribution >= 4 is 45.8 Å². The number of hydrogen-bond donors (Lipinski definition) is 0. The van der Waals surface area contributed by atoms with E-state index in [9.17, 15) is 19.2 Å². The van der Waals surface area contributed by atoms with Gasteiger partial charge in [0.15, 0.2) is 0 Å². The number of rotatable bonds is 4. The summed E-state index contributed by atoms with van der Waals surface area (Å²) in [5.74, 6) is -1.57. The average molecular weight is 428 g/mol. The summed E-state index contributed by atoms with van der Waals surface area (Å²) >= 11 is 0. The minimum Gasteiger partial charge on any atom is -0.426 e. The SMILES string of the molecule is O=C(Oc1cccc(N2C(=O)CCC2=O)c1)[C@H]1CC(=O)N(c2cccc3ccccc23)C1. The number of amides is 3. The second kappa shape index (κ2) is 7.92. The molecule has 160 valence electrons. The Hall–Kier alpha value is -4.00. The molecule has 0 bridgehead atoms. The van der Waals surface area contributed by atoms with Crippen molar-refractivity contribution < 1.29 is 23.9 Å². The van der Waals surface area contributed by atoms with Crippen LogP contribution in [0.15, 0.2) is 66.7 Å². The van der Waals surface area contributed by atoms with E-state index in [4.69, 9.17) is 4.74 Å². The van der Waals surface area contributed by atoms with Gasteiger partial charge in [-0.05, 0) is 23.6 Å². The van der Waals surface area contributed by atoms with Gasteiger partial charge in [-0.15, -0.1) is 0 Å². The van der Waals surface area contributed by atoms with Crippen LogP contribution in [-0.2, 0) is 19.2 Å². The molecule has 7 heteroatoms. The molecule has 0 aromatic heterocycles. The highest BCUT2D eigenvalue weighted by atomic mass is 16.5. The Kier molecular flexibility index (Phi) is 4.93. The van der Waals surface area contributed by atoms with Crippen molar-refractivity contribution in [2.75, 3.05) is 16.3 Å². The highest BCUT2D eigenvalue weighted by Gasteiger charge is 2.37. The Bertz CT molecular complexity index is 1250. The molecule has 1 atom stereocenters. The molecule has 3 aromatic carbocycles. The lowest BCUT2D eigenvalue weighted by Crippen LogP contribution is -2.29. The van der Waals surface area contributed by atoms with Gasteiger partial charge in [0.1, 0.15) is 5.75 Å². The van der Waals surface area contributed by atoms with Crippen molar-refractivity contribution in [3.63, 3.8) is 0 Å². The van der Waals surface area contributed by atoms with Crippen molar-refractivity contribution in [3.8, 4) is 5.75 Å². The van der Waals surface area contributed by atoms with Crippen molar-refractivity contribution in [1.82, 2.24) is 0 Å². The van der Waals surface area contributed by atoms with E-state index < -0.39 is 11.9 Å². The summed E-state index contributed by atoms with van der Waals surface area (Å²) < 4.78 is 5.52. The Morgan fingerprint density at radius 2 is 1.56 bits per heavy atom. The summed E-state index contributed by atoms with van der Waals surface area (Å²) in [6.07, 6.45) is 0.416. The first-order valence-electron chi connectivity index (χ1n) is 10.5. The summed E-state index contributed by atoms with van der Waals surface area (Å²) in [5, 5.41) is 1.97. The molecule has 2 fully saturated rings. The predicted octanol–water partition coefficient (Wildman–Crippen LogP) is 3.45. The van der Waals surface area contributed by atoms with E-state index in [1.54, 1.807) is 23.1 Å². The molecule has 0 unspecified atom stereocenters. The van der Waals surface area contributed by atoms with Crippen LogP contribution in [0.2, 0.25) is 0 Å². The number of carbonyl (C=O) groups excluding carboxylic acids is 4. The number of carbonyl (C=O) groups is 4. The lowest BCUT2D eigenvalue weighted by atomic mass is 10.1. The maximum atomic E-state index is 12.8. The molecule has 0 aliphatic carbocycles. The van der Waals surface area contributed by atoms with Crippen LogP contribution >= 0.6 is 0 Å². The van der Waals surface area contributed by atoms with Crippen molar-refractivity contribution in [2.45, 2.75) is 19.3 Å². The third-order valence-corrected chi connectivity index (χ3v) is 5.86. The number of anilines is 2. The Morgan fingerprint density at radius 1 is 0.844 bits per heavy atom. The van der Waals surface area contributed by atoms with Gasteiger partial charge >= 0.3 is 5.97 Å². The zero-order chi connectivity index (χ0) is 22.2. The van der Waals surface area contributed by atoms with E-state index in [-0.39, 0.29) is 49.3 Å². The Morgan fingerprint density at radius 3 is 2.38 bits per heavy atom. The third kappa shape index (κ3) is 3.51. The minimum atomic E-state index is -0.611. The van der Waals surface area contributed by atoms with E-state index >= 15 is 0 Å². The fraction of sp³-hybridized carbons (Fsp3) is 0.200. The fourth-order valence-corrected chi connectivity index (χ4v) is 4.29. The fourth-order valence-electron chi connectivity index (χ4n) is 4.29. The van der Waals surface area contributed by atoms with Crippen molar-refractivity contribution in [2.24, 2.45) is 5.92 Å². The van der Waals surface area contributed by atoms with Gasteiger partial charge in [-0.3, -0.25) is 24.1 Å². The molecule has 7 nitrogen and oxygen atoms in total. The summed E-state index contributed by atoms with van der Waals surface area (Å²) in [4.78, 5) is 52.2. The van der Waals surface area contributed by atoms with Crippen LogP contribution in [0, 0.1) is 5.92 Å². The van der Waals surface area contributed by atoms with E-state index in [2.05, 4.69) is 0 Å². The van der Waals surface area contributed by atoms with Gasteiger partial charge in [-0.2, -0.15) is 0 Å². The first-order chi connectivity index (χ1) is 15.5. The van der Waals surface area contributed by atoms with Gasteiger partial charge in [-0.25, -0.2) is 0 Å². The molecule has 32 heavy (non-hydrogen) atoms. The number of imide groups is 1. The molecule has 0 saturated carbocycles. The largest absolute Gasteiger partial charge is 0.426 e. The van der Waals surface area contributed by atoms with Crippen molar-refractivity contribution in [3.05, 3.63) is 66.7 Å². The first kappa shape index (κ1) is 19.9. The third-order valence-electron chi connectivity index (χ3n) is 5.86. The summed E-state index contributed by atoms with van der Waals surface area (Å²) in [6, 6.07) is 19.9. The Balaban J connectivity index is 1.33. The van der Waals surface area contributed by atoms with Gasteiger partial charge in [0.25, 0.3) is 0 Å². The molecular weight excluding hydrogens is 408 g/mol. The molecule has 3 amide bonds. The van der Waals surface area contributed by atoms with Gasteiger partial charge in [0.05, 0.1) is 17.3 Å². The van der Waals surface area contributed by atoms with Crippen LogP contribution in [0.25, 0.3) is 10.8 Å². The molecule has 2 aliphatic rings. The molecule has 3 aromatic rings. The van der Waals surface area contributed by atoms with Crippen LogP contribution in [0.1, 0.15) is 19.3 Å². The van der Waals surface area contributed by atoms with E-state index in [1.165, 1.54) is 6.07 Å². The number of hydrogen-bond acceptors (Lipinski definition) is 5. The van der Waals surface area contributed by atoms with Gasteiger partial charge in [-0.1, -0.05) is 42.5 Å². The smallest absolute Gasteiger partial charge is 0.316 e. The highest BCUT2D eigenvalue weighted by Crippen LogP contribution is 2.33. The van der Waals surface area contributed by atoms with Crippen molar-refractivity contribution in [1.29, 1.82) is 0 Å². The topological polar surface area (TPSA) is 84.0 Å². The lowest BCUT2D eigenvalue weighted by molar-refractivity contribution is -0.139. The number of ether oxygens (including phenoxy) is 1. The van der Waals surface area contributed by atoms with Gasteiger partial charge in [0, 0.05) is 37.3 Å². The Labute approximate surface area is 184 Å². The van der Waals surface area contributed by atoms with E-state index in [1.807, 2.05) is 42.5 Å². The summed E-state index contributed by atoms with van der Waals surface area (Å²) in [6.45, 7) is 0.231. The van der Waals surface area contributed by atoms with Gasteiger partial charge < -0.3 is 9.64 Å². The standard InChI is InChI=1S/C25H20N2O5/c28-22-11-12-23(29)27(22)18-7-4-8-19(14-18)32-25(31)17-13-24(30)26(15-17)21-10-3-6-16-5-1-2-9-20(16)21/h1-10,14,17H,11-13,15H2/t17-/m0/s1. The molecule has 2 saturated heterocycles. The number of benzene rings is 3. The second-order valence-corrected chi connectivity index (χ2v) is 7.95. The zero-order valence-corrected chi connectivity index (χ0v) is 17.2. The highest BCUT2D eigenvalue weighted by molar-refractivity contribution is 6.19. The lowest BCUT2D eigenvalue weighted by Gasteiger charge is -2.19. The maximum Gasteiger partial charge on any atom is 0.316 e. The normalized spacial score (nSPS) is 18.6. The quantitative estimate of drug-likeness (QED) is 0.361. The molecule has 5 rings (SSSR count). The number of nitrogens with zero attached hydrogens (tertiary/aromatic N) is 2. The predicted molar refractivity (Wildman–Crippen MR) is 118 cm³/mol. The maximum absolute atomic E-state index is 12.8. The van der Waals surface area contributed by atoms with Crippen LogP contribution in [0.5, 0.6) is 5.75 Å². The molecule has 0 spiro atoms. The van der Waals surface area contributed by atoms with Gasteiger partial charge in [0.2, 0.25) is 17.7 Å². The average Bonchev–Trinajstić information content (AvgIpc) is 3.35. The zero-order valence-electron chi connectivity index (χ0n) is 17.2. The van der Waals surface area contributed by atoms with Crippen LogP contribution in [0.4, 0.5) is 11.4 Å². The van der Waals surface area contributed by atoms with E-state index in [0.29, 0.717) is 5.69 Å². The first-order valence-corrected chi connectivity index (χ1v) is 10.5. The molecule has 2 aliphatic heterocycles. The number of esters is 1. The van der Waals surface area contributed by atoms with Crippen LogP contribution in [-0.4, -0.2) is 30.2 Å². The molecule has 0 radical (unpaired) electrons. The number of fused-ring (bicyclic) bond motifs is 1.